The van der Waals surface area contributed by atoms with Gasteiger partial charge in [-0.2, -0.15) is 0 Å². The summed E-state index contributed by atoms with van der Waals surface area (Å²) in [5.74, 6) is 0.105. The van der Waals surface area contributed by atoms with E-state index in [-0.39, 0.29) is 18.7 Å². The molecule has 154 valence electrons. The minimum atomic E-state index is -0.884. The van der Waals surface area contributed by atoms with Crippen molar-refractivity contribution in [1.29, 1.82) is 0 Å². The Kier molecular flexibility index (Phi) is 5.11. The van der Waals surface area contributed by atoms with E-state index < -0.39 is 11.9 Å². The maximum absolute atomic E-state index is 14.2. The molecule has 3 N–H and O–H groups in total. The van der Waals surface area contributed by atoms with Gasteiger partial charge in [0.05, 0.1) is 31.1 Å². The summed E-state index contributed by atoms with van der Waals surface area (Å²) in [5.41, 5.74) is 3.64. The van der Waals surface area contributed by atoms with Crippen LogP contribution in [0.15, 0.2) is 30.6 Å². The van der Waals surface area contributed by atoms with Crippen LogP contribution in [0.3, 0.4) is 0 Å². The summed E-state index contributed by atoms with van der Waals surface area (Å²) >= 11 is 0. The number of aliphatic hydroxyl groups is 2. The second kappa shape index (κ2) is 7.74. The third kappa shape index (κ3) is 3.26. The number of hydrogen-bond donors (Lipinski definition) is 3. The van der Waals surface area contributed by atoms with Crippen molar-refractivity contribution < 1.29 is 14.6 Å². The van der Waals surface area contributed by atoms with Crippen LogP contribution in [0.5, 0.6) is 0 Å². The van der Waals surface area contributed by atoms with Gasteiger partial charge < -0.3 is 24.7 Å². The Balaban J connectivity index is 2.03. The third-order valence-electron chi connectivity index (χ3n) is 5.14. The summed E-state index contributed by atoms with van der Waals surface area (Å²) in [6.45, 7) is 7.25. The molecule has 8 nitrogen and oxygen atoms in total. The standard InChI is InChI=1S/C21H21FN6O2/c1-23-14-7-12(6-13(22)8-14)17-9-16-19-18(25-11-27(19)3)20(24-2)26-21(16)28(17)5-4-15(30)10-29/h6-9,11,15,29-30H,4-5,10H2,2-3H3,(H,24,26). The number of aromatic nitrogens is 4. The lowest BCUT2D eigenvalue weighted by Crippen LogP contribution is -2.15. The molecule has 1 aromatic carbocycles. The molecular formula is C21H21FN6O2. The van der Waals surface area contributed by atoms with Crippen molar-refractivity contribution >= 4 is 33.6 Å². The van der Waals surface area contributed by atoms with Gasteiger partial charge in [-0.3, -0.25) is 0 Å². The van der Waals surface area contributed by atoms with Gasteiger partial charge in [0.2, 0.25) is 0 Å². The molecule has 0 radical (unpaired) electrons. The number of rotatable bonds is 6. The average molecular weight is 408 g/mol. The van der Waals surface area contributed by atoms with Gasteiger partial charge in [0.1, 0.15) is 17.0 Å². The van der Waals surface area contributed by atoms with Crippen LogP contribution >= 0.6 is 0 Å². The van der Waals surface area contributed by atoms with E-state index in [0.717, 1.165) is 10.9 Å². The molecule has 30 heavy (non-hydrogen) atoms. The molecule has 4 rings (SSSR count). The summed E-state index contributed by atoms with van der Waals surface area (Å²) in [5, 5.41) is 23.0. The highest BCUT2D eigenvalue weighted by atomic mass is 19.1. The van der Waals surface area contributed by atoms with Crippen molar-refractivity contribution in [2.75, 3.05) is 19.0 Å². The van der Waals surface area contributed by atoms with E-state index in [1.54, 1.807) is 19.4 Å². The number of aryl methyl sites for hydroxylation is 2. The van der Waals surface area contributed by atoms with E-state index in [0.29, 0.717) is 34.8 Å². The zero-order chi connectivity index (χ0) is 21.4. The van der Waals surface area contributed by atoms with Crippen LogP contribution in [0.1, 0.15) is 6.42 Å². The lowest BCUT2D eigenvalue weighted by Gasteiger charge is -2.14. The van der Waals surface area contributed by atoms with Gasteiger partial charge in [0.15, 0.2) is 11.5 Å². The van der Waals surface area contributed by atoms with Gasteiger partial charge in [0.25, 0.3) is 0 Å². The van der Waals surface area contributed by atoms with Crippen molar-refractivity contribution in [2.45, 2.75) is 19.1 Å². The summed E-state index contributed by atoms with van der Waals surface area (Å²) in [6, 6.07) is 6.10. The number of hydrogen-bond acceptors (Lipinski definition) is 5. The van der Waals surface area contributed by atoms with Crippen LogP contribution in [-0.2, 0) is 13.6 Å². The number of fused-ring (bicyclic) bond motifs is 3. The van der Waals surface area contributed by atoms with Crippen LogP contribution in [0.4, 0.5) is 15.9 Å². The zero-order valence-electron chi connectivity index (χ0n) is 16.6. The molecular weight excluding hydrogens is 387 g/mol. The van der Waals surface area contributed by atoms with Crippen LogP contribution in [0.2, 0.25) is 0 Å². The normalized spacial score (nSPS) is 12.4. The summed E-state index contributed by atoms with van der Waals surface area (Å²) in [4.78, 5) is 12.5. The van der Waals surface area contributed by atoms with Gasteiger partial charge in [0, 0.05) is 31.7 Å². The van der Waals surface area contributed by atoms with Gasteiger partial charge in [-0.15, -0.1) is 0 Å². The molecule has 0 aliphatic carbocycles. The van der Waals surface area contributed by atoms with Crippen molar-refractivity contribution in [3.05, 3.63) is 47.8 Å². The lowest BCUT2D eigenvalue weighted by molar-refractivity contribution is 0.0850. The first-order valence-corrected chi connectivity index (χ1v) is 9.46. The largest absolute Gasteiger partial charge is 0.394 e. The molecule has 3 aromatic heterocycles. The van der Waals surface area contributed by atoms with Crippen molar-refractivity contribution in [3.8, 4) is 11.3 Å². The second-order valence-corrected chi connectivity index (χ2v) is 7.12. The highest BCUT2D eigenvalue weighted by Crippen LogP contribution is 2.36. The predicted molar refractivity (Wildman–Crippen MR) is 113 cm³/mol. The molecule has 0 bridgehead atoms. The molecule has 1 unspecified atom stereocenters. The molecule has 0 aliphatic rings. The number of nitrogens with one attached hydrogen (secondary N) is 1. The monoisotopic (exact) mass is 408 g/mol. The SMILES string of the molecule is [C-]#[N+]c1cc(F)cc(-c2cc3c4c(ncn4C)c(NC)nc3n2CCC(O)CO)c1. The van der Waals surface area contributed by atoms with Gasteiger partial charge in [-0.05, 0) is 36.2 Å². The fourth-order valence-corrected chi connectivity index (χ4v) is 3.71. The zero-order valence-corrected chi connectivity index (χ0v) is 16.6. The summed E-state index contributed by atoms with van der Waals surface area (Å²) in [7, 11) is 3.65. The number of aliphatic hydroxyl groups excluding tert-OH is 2. The van der Waals surface area contributed by atoms with Crippen LogP contribution < -0.4 is 5.32 Å². The van der Waals surface area contributed by atoms with Crippen LogP contribution in [0, 0.1) is 12.4 Å². The Morgan fingerprint density at radius 2 is 2.10 bits per heavy atom. The molecule has 0 aliphatic heterocycles. The van der Waals surface area contributed by atoms with Crippen LogP contribution in [-0.4, -0.2) is 49.1 Å². The minimum absolute atomic E-state index is 0.201. The molecule has 0 saturated heterocycles. The average Bonchev–Trinajstić information content (AvgIpc) is 3.31. The highest BCUT2D eigenvalue weighted by Gasteiger charge is 2.20. The number of pyridine rings is 1. The Bertz CT molecular complexity index is 1290. The molecule has 9 heteroatoms. The minimum Gasteiger partial charge on any atom is -0.394 e. The summed E-state index contributed by atoms with van der Waals surface area (Å²) in [6.07, 6.45) is 1.11. The molecule has 4 aromatic rings. The van der Waals surface area contributed by atoms with Crippen molar-refractivity contribution in [2.24, 2.45) is 7.05 Å². The van der Waals surface area contributed by atoms with Gasteiger partial charge >= 0.3 is 0 Å². The molecule has 0 fully saturated rings. The van der Waals surface area contributed by atoms with Crippen molar-refractivity contribution in [1.82, 2.24) is 19.1 Å². The molecule has 0 saturated carbocycles. The van der Waals surface area contributed by atoms with Crippen LogP contribution in [0.25, 0.3) is 38.2 Å². The number of nitrogens with zero attached hydrogens (tertiary/aromatic N) is 5. The smallest absolute Gasteiger partial charge is 0.190 e. The molecule has 1 atom stereocenters. The quantitative estimate of drug-likeness (QED) is 0.427. The van der Waals surface area contributed by atoms with E-state index in [1.165, 1.54) is 12.1 Å². The first-order chi connectivity index (χ1) is 14.5. The van der Waals surface area contributed by atoms with Gasteiger partial charge in [-0.25, -0.2) is 19.2 Å². The number of anilines is 1. The third-order valence-corrected chi connectivity index (χ3v) is 5.14. The highest BCUT2D eigenvalue weighted by molar-refractivity contribution is 6.07. The second-order valence-electron chi connectivity index (χ2n) is 7.12. The number of imidazole rings is 1. The van der Waals surface area contributed by atoms with E-state index in [1.807, 2.05) is 22.2 Å². The predicted octanol–water partition coefficient (Wildman–Crippen LogP) is 3.06. The van der Waals surface area contributed by atoms with E-state index in [2.05, 4.69) is 15.1 Å². The molecule has 0 spiro atoms. The fourth-order valence-electron chi connectivity index (χ4n) is 3.71. The Morgan fingerprint density at radius 3 is 2.80 bits per heavy atom. The number of halogens is 1. The lowest BCUT2D eigenvalue weighted by atomic mass is 10.1. The van der Waals surface area contributed by atoms with E-state index in [4.69, 9.17) is 11.6 Å². The molecule has 3 heterocycles. The summed E-state index contributed by atoms with van der Waals surface area (Å²) < 4.78 is 18.0. The molecule has 0 amide bonds. The first-order valence-electron chi connectivity index (χ1n) is 9.46. The van der Waals surface area contributed by atoms with E-state index in [9.17, 15) is 14.6 Å². The Hall–Kier alpha value is -3.48. The van der Waals surface area contributed by atoms with Gasteiger partial charge in [-0.1, -0.05) is 0 Å². The van der Waals surface area contributed by atoms with Crippen molar-refractivity contribution in [3.63, 3.8) is 0 Å². The first kappa shape index (κ1) is 19.8. The fraction of sp³-hybridized carbons (Fsp3) is 0.286. The maximum atomic E-state index is 14.2. The topological polar surface area (TPSA) is 92.5 Å². The number of benzene rings is 1. The van der Waals surface area contributed by atoms with E-state index >= 15 is 0 Å². The Morgan fingerprint density at radius 1 is 1.30 bits per heavy atom. The maximum Gasteiger partial charge on any atom is 0.190 e. The Labute approximate surface area is 172 Å².